The molecule has 3 heteroatoms. The van der Waals surface area contributed by atoms with Crippen molar-refractivity contribution in [3.05, 3.63) is 12.2 Å². The summed E-state index contributed by atoms with van der Waals surface area (Å²) < 4.78 is 0.980. The quantitative estimate of drug-likeness (QED) is 0.264. The van der Waals surface area contributed by atoms with Gasteiger partial charge in [-0.15, -0.1) is 0 Å². The molecule has 1 amide bonds. The Labute approximate surface area is 145 Å². The molecule has 0 aromatic rings. The van der Waals surface area contributed by atoms with Crippen molar-refractivity contribution < 1.29 is 9.28 Å². The topological polar surface area (TPSA) is 29.1 Å². The van der Waals surface area contributed by atoms with Gasteiger partial charge in [-0.25, -0.2) is 0 Å². The second-order valence-electron chi connectivity index (χ2n) is 7.60. The SMILES string of the molecule is C=C(C)C(=O)NCC[N+](C)(C)CCCCCCCCCCCC. The Bertz CT molecular complexity index is 324. The maximum Gasteiger partial charge on any atom is 0.246 e. The normalized spacial score (nSPS) is 11.5. The van der Waals surface area contributed by atoms with Crippen LogP contribution < -0.4 is 5.32 Å². The Hall–Kier alpha value is -0.830. The largest absolute Gasteiger partial charge is 0.347 e. The van der Waals surface area contributed by atoms with Gasteiger partial charge in [-0.2, -0.15) is 0 Å². The highest BCUT2D eigenvalue weighted by atomic mass is 16.1. The van der Waals surface area contributed by atoms with Crippen molar-refractivity contribution in [1.82, 2.24) is 5.32 Å². The molecule has 0 rings (SSSR count). The maximum atomic E-state index is 11.5. The number of carbonyl (C=O) groups excluding carboxylic acids is 1. The van der Waals surface area contributed by atoms with E-state index in [0.717, 1.165) is 17.6 Å². The predicted molar refractivity (Wildman–Crippen MR) is 102 cm³/mol. The second-order valence-corrected chi connectivity index (χ2v) is 7.60. The fourth-order valence-corrected chi connectivity index (χ4v) is 2.76. The van der Waals surface area contributed by atoms with E-state index in [1.165, 1.54) is 70.8 Å². The van der Waals surface area contributed by atoms with Crippen LogP contribution in [-0.4, -0.2) is 44.1 Å². The number of carbonyl (C=O) groups is 1. The van der Waals surface area contributed by atoms with Crippen LogP contribution in [0.1, 0.15) is 78.1 Å². The molecule has 0 saturated heterocycles. The van der Waals surface area contributed by atoms with Gasteiger partial charge in [0.1, 0.15) is 0 Å². The van der Waals surface area contributed by atoms with Crippen molar-refractivity contribution in [2.24, 2.45) is 0 Å². The summed E-state index contributed by atoms with van der Waals surface area (Å²) in [4.78, 5) is 11.5. The van der Waals surface area contributed by atoms with Crippen molar-refractivity contribution in [2.45, 2.75) is 78.1 Å². The van der Waals surface area contributed by atoms with Gasteiger partial charge >= 0.3 is 0 Å². The summed E-state index contributed by atoms with van der Waals surface area (Å²) in [5.74, 6) is -0.0241. The molecule has 0 atom stereocenters. The molecule has 3 nitrogen and oxygen atoms in total. The zero-order valence-electron chi connectivity index (χ0n) is 16.3. The first-order valence-electron chi connectivity index (χ1n) is 9.65. The lowest BCUT2D eigenvalue weighted by molar-refractivity contribution is -0.889. The molecule has 0 heterocycles. The molecule has 0 radical (unpaired) electrons. The highest BCUT2D eigenvalue weighted by Crippen LogP contribution is 2.11. The van der Waals surface area contributed by atoms with Crippen molar-refractivity contribution in [3.8, 4) is 0 Å². The van der Waals surface area contributed by atoms with Gasteiger partial charge in [0.15, 0.2) is 0 Å². The van der Waals surface area contributed by atoms with Gasteiger partial charge in [0, 0.05) is 5.57 Å². The van der Waals surface area contributed by atoms with Gasteiger partial charge in [-0.05, 0) is 19.8 Å². The average molecular weight is 326 g/mol. The lowest BCUT2D eigenvalue weighted by Gasteiger charge is -2.30. The molecule has 0 unspecified atom stereocenters. The van der Waals surface area contributed by atoms with Crippen LogP contribution in [0.4, 0.5) is 0 Å². The van der Waals surface area contributed by atoms with Gasteiger partial charge < -0.3 is 9.80 Å². The first-order valence-corrected chi connectivity index (χ1v) is 9.65. The van der Waals surface area contributed by atoms with Gasteiger partial charge in [-0.3, -0.25) is 4.79 Å². The van der Waals surface area contributed by atoms with E-state index in [-0.39, 0.29) is 5.91 Å². The Kier molecular flexibility index (Phi) is 13.1. The molecule has 0 fully saturated rings. The third kappa shape index (κ3) is 14.5. The minimum atomic E-state index is -0.0241. The summed E-state index contributed by atoms with van der Waals surface area (Å²) in [7, 11) is 4.50. The number of unbranched alkanes of at least 4 members (excludes halogenated alkanes) is 9. The van der Waals surface area contributed by atoms with Crippen molar-refractivity contribution in [2.75, 3.05) is 33.7 Å². The van der Waals surface area contributed by atoms with E-state index in [2.05, 4.69) is 32.9 Å². The van der Waals surface area contributed by atoms with E-state index in [1.54, 1.807) is 6.92 Å². The number of amides is 1. The fourth-order valence-electron chi connectivity index (χ4n) is 2.76. The van der Waals surface area contributed by atoms with Crippen LogP contribution in [0.5, 0.6) is 0 Å². The molecule has 23 heavy (non-hydrogen) atoms. The first kappa shape index (κ1) is 22.2. The molecule has 0 saturated carbocycles. The number of hydrogen-bond donors (Lipinski definition) is 1. The number of nitrogens with zero attached hydrogens (tertiary/aromatic N) is 1. The van der Waals surface area contributed by atoms with E-state index >= 15 is 0 Å². The third-order valence-electron chi connectivity index (χ3n) is 4.51. The van der Waals surface area contributed by atoms with Crippen LogP contribution in [0, 0.1) is 0 Å². The average Bonchev–Trinajstić information content (AvgIpc) is 2.48. The Morgan fingerprint density at radius 3 is 1.83 bits per heavy atom. The van der Waals surface area contributed by atoms with Gasteiger partial charge in [0.05, 0.1) is 33.7 Å². The standard InChI is InChI=1S/C20H40N2O/c1-6-7-8-9-10-11-12-13-14-15-17-22(4,5)18-16-21-20(23)19(2)3/h2,6-18H2,1,3-5H3/p+1. The van der Waals surface area contributed by atoms with Gasteiger partial charge in [0.25, 0.3) is 0 Å². The number of quaternary nitrogens is 1. The van der Waals surface area contributed by atoms with Crippen molar-refractivity contribution in [1.29, 1.82) is 0 Å². The summed E-state index contributed by atoms with van der Waals surface area (Å²) in [5.41, 5.74) is 0.588. The first-order chi connectivity index (χ1) is 10.9. The molecule has 136 valence electrons. The lowest BCUT2D eigenvalue weighted by atomic mass is 10.1. The van der Waals surface area contributed by atoms with Crippen LogP contribution in [0.25, 0.3) is 0 Å². The van der Waals surface area contributed by atoms with Gasteiger partial charge in [0.2, 0.25) is 5.91 Å². The van der Waals surface area contributed by atoms with Crippen LogP contribution in [0.3, 0.4) is 0 Å². The van der Waals surface area contributed by atoms with E-state index in [9.17, 15) is 4.79 Å². The summed E-state index contributed by atoms with van der Waals surface area (Å²) in [5, 5.41) is 2.92. The smallest absolute Gasteiger partial charge is 0.246 e. The monoisotopic (exact) mass is 325 g/mol. The summed E-state index contributed by atoms with van der Waals surface area (Å²) in [6, 6.07) is 0. The lowest BCUT2D eigenvalue weighted by Crippen LogP contribution is -2.46. The zero-order chi connectivity index (χ0) is 17.6. The number of nitrogens with one attached hydrogen (secondary N) is 1. The molecule has 0 aliphatic rings. The number of likely N-dealkylation sites (N-methyl/N-ethyl adjacent to an activating group) is 1. The molecular weight excluding hydrogens is 284 g/mol. The summed E-state index contributed by atoms with van der Waals surface area (Å²) in [6.45, 7) is 10.6. The number of rotatable bonds is 15. The predicted octanol–water partition coefficient (Wildman–Crippen LogP) is 4.68. The Morgan fingerprint density at radius 2 is 1.35 bits per heavy atom. The van der Waals surface area contributed by atoms with Crippen molar-refractivity contribution in [3.63, 3.8) is 0 Å². The van der Waals surface area contributed by atoms with Gasteiger partial charge in [-0.1, -0.05) is 64.9 Å². The molecule has 0 aromatic carbocycles. The Balaban J connectivity index is 3.48. The minimum Gasteiger partial charge on any atom is -0.347 e. The Morgan fingerprint density at radius 1 is 0.870 bits per heavy atom. The van der Waals surface area contributed by atoms with Crippen LogP contribution in [0.2, 0.25) is 0 Å². The molecule has 1 N–H and O–H groups in total. The van der Waals surface area contributed by atoms with Crippen LogP contribution in [-0.2, 0) is 4.79 Å². The molecule has 0 spiro atoms. The number of hydrogen-bond acceptors (Lipinski definition) is 1. The van der Waals surface area contributed by atoms with E-state index in [4.69, 9.17) is 0 Å². The molecule has 0 bridgehead atoms. The third-order valence-corrected chi connectivity index (χ3v) is 4.51. The van der Waals surface area contributed by atoms with Crippen LogP contribution in [0.15, 0.2) is 12.2 Å². The highest BCUT2D eigenvalue weighted by molar-refractivity contribution is 5.91. The van der Waals surface area contributed by atoms with E-state index in [0.29, 0.717) is 5.57 Å². The van der Waals surface area contributed by atoms with E-state index < -0.39 is 0 Å². The summed E-state index contributed by atoms with van der Waals surface area (Å²) in [6.07, 6.45) is 13.8. The summed E-state index contributed by atoms with van der Waals surface area (Å²) >= 11 is 0. The second kappa shape index (κ2) is 13.6. The molecule has 0 aliphatic carbocycles. The molecular formula is C20H41N2O+. The molecule has 0 aliphatic heterocycles. The minimum absolute atomic E-state index is 0.0241. The fraction of sp³-hybridized carbons (Fsp3) is 0.850. The maximum absolute atomic E-state index is 11.5. The molecule has 0 aromatic heterocycles. The van der Waals surface area contributed by atoms with Crippen LogP contribution >= 0.6 is 0 Å². The zero-order valence-corrected chi connectivity index (χ0v) is 16.3. The van der Waals surface area contributed by atoms with E-state index in [1.807, 2.05) is 0 Å². The highest BCUT2D eigenvalue weighted by Gasteiger charge is 2.14. The van der Waals surface area contributed by atoms with Crippen molar-refractivity contribution >= 4 is 5.91 Å².